The highest BCUT2D eigenvalue weighted by molar-refractivity contribution is 6.01. The van der Waals surface area contributed by atoms with Crippen LogP contribution >= 0.6 is 0 Å². The number of aliphatic hydroxyl groups excluding tert-OH is 1. The standard InChI is InChI=1S/C23H25FN2O5/c1-30-19-11-14(9-10-18(19)24)22(27)20(31-16-6-2-3-7-16)13-26-12-15-5-4-8-17(23(28)29)21(15)25-26/h4-5,8-12,16,20,22,27H,2-3,6-7,13H2,1H3,(H,28,29). The molecule has 2 atom stereocenters. The fourth-order valence-corrected chi connectivity index (χ4v) is 4.11. The summed E-state index contributed by atoms with van der Waals surface area (Å²) in [6.07, 6.45) is 4.06. The third kappa shape index (κ3) is 4.55. The summed E-state index contributed by atoms with van der Waals surface area (Å²) in [6, 6.07) is 9.20. The molecule has 0 saturated heterocycles. The summed E-state index contributed by atoms with van der Waals surface area (Å²) in [4.78, 5) is 11.5. The summed E-state index contributed by atoms with van der Waals surface area (Å²) in [6.45, 7) is 0.213. The first-order chi connectivity index (χ1) is 15.0. The number of rotatable bonds is 8. The average Bonchev–Trinajstić information content (AvgIpc) is 3.42. The lowest BCUT2D eigenvalue weighted by atomic mass is 10.0. The molecule has 1 saturated carbocycles. The number of ether oxygens (including phenoxy) is 2. The molecule has 3 aromatic rings. The van der Waals surface area contributed by atoms with Gasteiger partial charge >= 0.3 is 5.97 Å². The Labute approximate surface area is 179 Å². The molecule has 1 fully saturated rings. The number of hydrogen-bond donors (Lipinski definition) is 2. The number of aromatic carboxylic acids is 1. The molecule has 1 heterocycles. The van der Waals surface area contributed by atoms with E-state index in [1.807, 2.05) is 0 Å². The van der Waals surface area contributed by atoms with Gasteiger partial charge in [-0.15, -0.1) is 0 Å². The Bertz CT molecular complexity index is 1080. The molecule has 1 aliphatic carbocycles. The first-order valence-electron chi connectivity index (χ1n) is 10.3. The Morgan fingerprint density at radius 2 is 2.06 bits per heavy atom. The molecule has 4 rings (SSSR count). The van der Waals surface area contributed by atoms with Crippen molar-refractivity contribution in [2.75, 3.05) is 7.11 Å². The average molecular weight is 428 g/mol. The third-order valence-electron chi connectivity index (χ3n) is 5.72. The topological polar surface area (TPSA) is 93.8 Å². The number of aliphatic hydroxyl groups is 1. The minimum Gasteiger partial charge on any atom is -0.494 e. The van der Waals surface area contributed by atoms with Crippen LogP contribution in [0.15, 0.2) is 42.6 Å². The number of carboxylic acid groups (broad SMARTS) is 1. The minimum atomic E-state index is -1.05. The fourth-order valence-electron chi connectivity index (χ4n) is 4.11. The van der Waals surface area contributed by atoms with Gasteiger partial charge in [-0.3, -0.25) is 4.68 Å². The van der Waals surface area contributed by atoms with E-state index in [1.165, 1.54) is 31.4 Å². The zero-order valence-corrected chi connectivity index (χ0v) is 17.2. The van der Waals surface area contributed by atoms with Gasteiger partial charge in [0.2, 0.25) is 0 Å². The van der Waals surface area contributed by atoms with Crippen LogP contribution in [0.4, 0.5) is 4.39 Å². The largest absolute Gasteiger partial charge is 0.494 e. The van der Waals surface area contributed by atoms with E-state index < -0.39 is 24.0 Å². The van der Waals surface area contributed by atoms with Crippen molar-refractivity contribution in [3.8, 4) is 5.75 Å². The van der Waals surface area contributed by atoms with E-state index in [4.69, 9.17) is 9.47 Å². The molecule has 2 N–H and O–H groups in total. The highest BCUT2D eigenvalue weighted by atomic mass is 19.1. The number of carbonyl (C=O) groups is 1. The summed E-state index contributed by atoms with van der Waals surface area (Å²) in [5.41, 5.74) is 0.977. The molecule has 1 aromatic heterocycles. The number of nitrogens with zero attached hydrogens (tertiary/aromatic N) is 2. The smallest absolute Gasteiger partial charge is 0.337 e. The monoisotopic (exact) mass is 428 g/mol. The molecule has 2 aromatic carbocycles. The first-order valence-corrected chi connectivity index (χ1v) is 10.3. The van der Waals surface area contributed by atoms with E-state index in [9.17, 15) is 19.4 Å². The second kappa shape index (κ2) is 9.03. The number of aromatic nitrogens is 2. The van der Waals surface area contributed by atoms with Crippen LogP contribution in [0.25, 0.3) is 10.9 Å². The zero-order chi connectivity index (χ0) is 22.0. The molecule has 0 spiro atoms. The molecule has 7 nitrogen and oxygen atoms in total. The lowest BCUT2D eigenvalue weighted by molar-refractivity contribution is -0.0844. The van der Waals surface area contributed by atoms with E-state index in [2.05, 4.69) is 5.10 Å². The predicted molar refractivity (Wildman–Crippen MR) is 112 cm³/mol. The molecule has 8 heteroatoms. The maximum Gasteiger partial charge on any atom is 0.337 e. The summed E-state index contributed by atoms with van der Waals surface area (Å²) in [7, 11) is 1.37. The number of methoxy groups -OCH3 is 1. The molecule has 1 aliphatic rings. The highest BCUT2D eigenvalue weighted by Crippen LogP contribution is 2.30. The lowest BCUT2D eigenvalue weighted by Crippen LogP contribution is -2.31. The van der Waals surface area contributed by atoms with Crippen LogP contribution in [-0.2, 0) is 11.3 Å². The van der Waals surface area contributed by atoms with Gasteiger partial charge in [0.25, 0.3) is 0 Å². The Kier molecular flexibility index (Phi) is 6.20. The minimum absolute atomic E-state index is 0.0292. The van der Waals surface area contributed by atoms with Crippen molar-refractivity contribution >= 4 is 16.9 Å². The van der Waals surface area contributed by atoms with E-state index in [0.717, 1.165) is 25.7 Å². The van der Waals surface area contributed by atoms with Crippen molar-refractivity contribution in [1.82, 2.24) is 9.78 Å². The molecule has 0 radical (unpaired) electrons. The van der Waals surface area contributed by atoms with Gasteiger partial charge in [-0.25, -0.2) is 9.18 Å². The summed E-state index contributed by atoms with van der Waals surface area (Å²) in [5, 5.41) is 25.6. The van der Waals surface area contributed by atoms with E-state index in [0.29, 0.717) is 16.5 Å². The van der Waals surface area contributed by atoms with Crippen LogP contribution in [-0.4, -0.2) is 45.3 Å². The molecular formula is C23H25FN2O5. The Balaban J connectivity index is 1.64. The molecule has 0 bridgehead atoms. The van der Waals surface area contributed by atoms with Gasteiger partial charge in [-0.1, -0.05) is 31.0 Å². The van der Waals surface area contributed by atoms with E-state index in [-0.39, 0.29) is 24.0 Å². The Morgan fingerprint density at radius 1 is 1.29 bits per heavy atom. The predicted octanol–water partition coefficient (Wildman–Crippen LogP) is 3.94. The van der Waals surface area contributed by atoms with Crippen LogP contribution in [0, 0.1) is 5.82 Å². The van der Waals surface area contributed by atoms with Crippen LogP contribution in [0.3, 0.4) is 0 Å². The van der Waals surface area contributed by atoms with Gasteiger partial charge in [0.15, 0.2) is 11.6 Å². The van der Waals surface area contributed by atoms with E-state index >= 15 is 0 Å². The maximum absolute atomic E-state index is 13.8. The van der Waals surface area contributed by atoms with Gasteiger partial charge in [0.05, 0.1) is 25.3 Å². The fraction of sp³-hybridized carbons (Fsp3) is 0.391. The molecule has 0 aliphatic heterocycles. The first kappa shape index (κ1) is 21.3. The van der Waals surface area contributed by atoms with Crippen LogP contribution in [0.1, 0.15) is 47.7 Å². The summed E-state index contributed by atoms with van der Waals surface area (Å²) >= 11 is 0. The van der Waals surface area contributed by atoms with Gasteiger partial charge < -0.3 is 19.7 Å². The molecule has 31 heavy (non-hydrogen) atoms. The second-order valence-corrected chi connectivity index (χ2v) is 7.82. The SMILES string of the molecule is COc1cc(C(O)C(Cn2cc3cccc(C(=O)O)c3n2)OC2CCCC2)ccc1F. The molecule has 2 unspecified atom stereocenters. The summed E-state index contributed by atoms with van der Waals surface area (Å²) in [5.74, 6) is -1.51. The highest BCUT2D eigenvalue weighted by Gasteiger charge is 2.28. The van der Waals surface area contributed by atoms with Gasteiger partial charge in [-0.05, 0) is 36.6 Å². The molecule has 164 valence electrons. The van der Waals surface area contributed by atoms with Crippen molar-refractivity contribution in [1.29, 1.82) is 0 Å². The van der Waals surface area contributed by atoms with Crippen molar-refractivity contribution in [2.45, 2.75) is 50.5 Å². The normalized spacial score (nSPS) is 16.5. The number of hydrogen-bond acceptors (Lipinski definition) is 5. The molecule has 0 amide bonds. The number of halogens is 1. The number of carboxylic acids is 1. The second-order valence-electron chi connectivity index (χ2n) is 7.82. The maximum atomic E-state index is 13.8. The zero-order valence-electron chi connectivity index (χ0n) is 17.2. The number of fused-ring (bicyclic) bond motifs is 1. The van der Waals surface area contributed by atoms with Gasteiger partial charge in [0.1, 0.15) is 17.7 Å². The third-order valence-corrected chi connectivity index (χ3v) is 5.72. The lowest BCUT2D eigenvalue weighted by Gasteiger charge is -2.27. The van der Waals surface area contributed by atoms with Crippen molar-refractivity contribution < 1.29 is 28.9 Å². The van der Waals surface area contributed by atoms with Crippen molar-refractivity contribution in [3.05, 3.63) is 59.5 Å². The van der Waals surface area contributed by atoms with Crippen LogP contribution in [0.5, 0.6) is 5.75 Å². The van der Waals surface area contributed by atoms with Crippen molar-refractivity contribution in [2.24, 2.45) is 0 Å². The quantitative estimate of drug-likeness (QED) is 0.564. The Morgan fingerprint density at radius 3 is 2.77 bits per heavy atom. The van der Waals surface area contributed by atoms with Gasteiger partial charge in [-0.2, -0.15) is 5.10 Å². The summed E-state index contributed by atoms with van der Waals surface area (Å²) < 4.78 is 26.7. The number of benzene rings is 2. The van der Waals surface area contributed by atoms with Gasteiger partial charge in [0, 0.05) is 11.6 Å². The van der Waals surface area contributed by atoms with E-state index in [1.54, 1.807) is 23.0 Å². The molecular weight excluding hydrogens is 403 g/mol. The van der Waals surface area contributed by atoms with Crippen molar-refractivity contribution in [3.63, 3.8) is 0 Å². The van der Waals surface area contributed by atoms with Crippen LogP contribution < -0.4 is 4.74 Å². The Hall–Kier alpha value is -2.97. The van der Waals surface area contributed by atoms with Crippen LogP contribution in [0.2, 0.25) is 0 Å².